The summed E-state index contributed by atoms with van der Waals surface area (Å²) >= 11 is 0. The van der Waals surface area contributed by atoms with Gasteiger partial charge in [-0.15, -0.1) is 0 Å². The van der Waals surface area contributed by atoms with Gasteiger partial charge in [0.2, 0.25) is 10.0 Å². The smallest absolute Gasteiger partial charge is 0.253 e. The Balaban J connectivity index is 1.43. The quantitative estimate of drug-likeness (QED) is 0.790. The molecule has 28 heavy (non-hydrogen) atoms. The Kier molecular flexibility index (Phi) is 5.12. The minimum Gasteiger partial charge on any atom is -0.497 e. The molecular weight excluding hydrogens is 376 g/mol. The van der Waals surface area contributed by atoms with E-state index in [1.165, 1.54) is 9.87 Å². The molecule has 0 unspecified atom stereocenters. The number of carbonyl (C=O) groups excluding carboxylic acids is 1. The fraction of sp³-hybridized carbons (Fsp3) is 0.381. The largest absolute Gasteiger partial charge is 0.497 e. The lowest BCUT2D eigenvalue weighted by Gasteiger charge is -2.34. The molecule has 2 aromatic rings. The molecule has 2 aromatic carbocycles. The van der Waals surface area contributed by atoms with E-state index in [1.807, 2.05) is 12.1 Å². The van der Waals surface area contributed by atoms with Gasteiger partial charge >= 0.3 is 0 Å². The third-order valence-electron chi connectivity index (χ3n) is 5.57. The van der Waals surface area contributed by atoms with Gasteiger partial charge in [-0.05, 0) is 66.8 Å². The summed E-state index contributed by atoms with van der Waals surface area (Å²) in [5.41, 5.74) is 2.99. The third-order valence-corrected chi connectivity index (χ3v) is 7.47. The Labute approximate surface area is 165 Å². The molecule has 0 N–H and O–H groups in total. The summed E-state index contributed by atoms with van der Waals surface area (Å²) in [6.45, 7) is 1.38. The SMILES string of the molecule is COc1ccc(C(=O)N2CCN(S(=O)(=O)c3ccc4c(c3)CCC4)CC2)cc1. The zero-order valence-corrected chi connectivity index (χ0v) is 16.7. The summed E-state index contributed by atoms with van der Waals surface area (Å²) < 4.78 is 32.6. The lowest BCUT2D eigenvalue weighted by molar-refractivity contribution is 0.0698. The van der Waals surface area contributed by atoms with Crippen LogP contribution in [0, 0.1) is 0 Å². The second kappa shape index (κ2) is 7.56. The van der Waals surface area contributed by atoms with E-state index in [4.69, 9.17) is 4.74 Å². The standard InChI is InChI=1S/C21H24N2O4S/c1-27-19-8-5-17(6-9-19)21(24)22-11-13-23(14-12-22)28(25,26)20-10-7-16-3-2-4-18(16)15-20/h5-10,15H,2-4,11-14H2,1H3. The monoisotopic (exact) mass is 400 g/mol. The number of ether oxygens (including phenoxy) is 1. The van der Waals surface area contributed by atoms with Gasteiger partial charge in [0.1, 0.15) is 5.75 Å². The molecule has 0 aromatic heterocycles. The molecule has 0 atom stereocenters. The first-order valence-electron chi connectivity index (χ1n) is 9.54. The number of benzene rings is 2. The molecule has 4 rings (SSSR count). The molecule has 0 spiro atoms. The summed E-state index contributed by atoms with van der Waals surface area (Å²) in [5.74, 6) is 0.610. The number of fused-ring (bicyclic) bond motifs is 1. The molecule has 7 heteroatoms. The average Bonchev–Trinajstić information content (AvgIpc) is 3.21. The van der Waals surface area contributed by atoms with Crippen molar-refractivity contribution in [1.82, 2.24) is 9.21 Å². The predicted molar refractivity (Wildman–Crippen MR) is 106 cm³/mol. The number of methoxy groups -OCH3 is 1. The summed E-state index contributed by atoms with van der Waals surface area (Å²) in [5, 5.41) is 0. The fourth-order valence-electron chi connectivity index (χ4n) is 3.91. The Morgan fingerprint density at radius 3 is 2.29 bits per heavy atom. The van der Waals surface area contributed by atoms with Crippen molar-refractivity contribution < 1.29 is 17.9 Å². The zero-order chi connectivity index (χ0) is 19.7. The number of aryl methyl sites for hydroxylation is 2. The van der Waals surface area contributed by atoms with Gasteiger partial charge in [-0.25, -0.2) is 8.42 Å². The van der Waals surface area contributed by atoms with Gasteiger partial charge in [0.15, 0.2) is 0 Å². The number of sulfonamides is 1. The first-order chi connectivity index (χ1) is 13.5. The van der Waals surface area contributed by atoms with E-state index >= 15 is 0 Å². The average molecular weight is 401 g/mol. The normalized spacial score (nSPS) is 17.4. The van der Waals surface area contributed by atoms with E-state index in [9.17, 15) is 13.2 Å². The van der Waals surface area contributed by atoms with Crippen LogP contribution in [-0.2, 0) is 22.9 Å². The van der Waals surface area contributed by atoms with Crippen LogP contribution >= 0.6 is 0 Å². The minimum atomic E-state index is -3.53. The Hall–Kier alpha value is -2.38. The van der Waals surface area contributed by atoms with Gasteiger partial charge in [0.25, 0.3) is 5.91 Å². The highest BCUT2D eigenvalue weighted by Gasteiger charge is 2.31. The van der Waals surface area contributed by atoms with Crippen LogP contribution in [0.1, 0.15) is 27.9 Å². The second-order valence-corrected chi connectivity index (χ2v) is 9.15. The summed E-state index contributed by atoms with van der Waals surface area (Å²) in [6.07, 6.45) is 3.07. The van der Waals surface area contributed by atoms with Gasteiger partial charge in [-0.1, -0.05) is 6.07 Å². The molecule has 1 fully saturated rings. The van der Waals surface area contributed by atoms with Crippen LogP contribution in [0.5, 0.6) is 5.75 Å². The number of rotatable bonds is 4. The predicted octanol–water partition coefficient (Wildman–Crippen LogP) is 2.33. The maximum absolute atomic E-state index is 13.0. The first kappa shape index (κ1) is 19.0. The van der Waals surface area contributed by atoms with E-state index in [0.29, 0.717) is 42.4 Å². The number of carbonyl (C=O) groups is 1. The van der Waals surface area contributed by atoms with E-state index < -0.39 is 10.0 Å². The van der Waals surface area contributed by atoms with Gasteiger partial charge in [-0.2, -0.15) is 4.31 Å². The van der Waals surface area contributed by atoms with E-state index in [2.05, 4.69) is 0 Å². The molecule has 1 aliphatic heterocycles. The number of hydrogen-bond acceptors (Lipinski definition) is 4. The maximum Gasteiger partial charge on any atom is 0.253 e. The highest BCUT2D eigenvalue weighted by Crippen LogP contribution is 2.27. The lowest BCUT2D eigenvalue weighted by atomic mass is 10.1. The molecule has 0 saturated carbocycles. The van der Waals surface area contributed by atoms with Gasteiger partial charge in [0.05, 0.1) is 12.0 Å². The molecule has 2 aliphatic rings. The van der Waals surface area contributed by atoms with Crippen LogP contribution in [0.3, 0.4) is 0 Å². The van der Waals surface area contributed by atoms with E-state index in [0.717, 1.165) is 24.8 Å². The zero-order valence-electron chi connectivity index (χ0n) is 15.9. The fourth-order valence-corrected chi connectivity index (χ4v) is 5.38. The van der Waals surface area contributed by atoms with Crippen molar-refractivity contribution in [2.45, 2.75) is 24.2 Å². The summed E-state index contributed by atoms with van der Waals surface area (Å²) in [6, 6.07) is 12.5. The second-order valence-electron chi connectivity index (χ2n) is 7.21. The number of amides is 1. The van der Waals surface area contributed by atoms with Crippen molar-refractivity contribution in [2.75, 3.05) is 33.3 Å². The molecule has 0 bridgehead atoms. The van der Waals surface area contributed by atoms with E-state index in [-0.39, 0.29) is 5.91 Å². The molecule has 1 aliphatic carbocycles. The number of piperazine rings is 1. The summed E-state index contributed by atoms with van der Waals surface area (Å²) in [7, 11) is -1.95. The molecule has 6 nitrogen and oxygen atoms in total. The van der Waals surface area contributed by atoms with Crippen LogP contribution in [0.15, 0.2) is 47.4 Å². The third kappa shape index (κ3) is 3.52. The topological polar surface area (TPSA) is 66.9 Å². The van der Waals surface area contributed by atoms with Crippen LogP contribution < -0.4 is 4.74 Å². The van der Waals surface area contributed by atoms with Crippen LogP contribution in [0.4, 0.5) is 0 Å². The van der Waals surface area contributed by atoms with Crippen molar-refractivity contribution in [2.24, 2.45) is 0 Å². The lowest BCUT2D eigenvalue weighted by Crippen LogP contribution is -2.50. The van der Waals surface area contributed by atoms with Crippen molar-refractivity contribution >= 4 is 15.9 Å². The summed E-state index contributed by atoms with van der Waals surface area (Å²) in [4.78, 5) is 14.7. The molecule has 1 amide bonds. The Bertz CT molecular complexity index is 978. The van der Waals surface area contributed by atoms with Gasteiger partial charge in [-0.3, -0.25) is 4.79 Å². The molecule has 148 valence electrons. The molecule has 0 radical (unpaired) electrons. The number of nitrogens with zero attached hydrogens (tertiary/aromatic N) is 2. The highest BCUT2D eigenvalue weighted by atomic mass is 32.2. The number of hydrogen-bond donors (Lipinski definition) is 0. The molecule has 1 heterocycles. The van der Waals surface area contributed by atoms with E-state index in [1.54, 1.807) is 42.3 Å². The Morgan fingerprint density at radius 1 is 0.929 bits per heavy atom. The van der Waals surface area contributed by atoms with Crippen LogP contribution in [0.25, 0.3) is 0 Å². The molecular formula is C21H24N2O4S. The van der Waals surface area contributed by atoms with Crippen molar-refractivity contribution in [3.8, 4) is 5.75 Å². The van der Waals surface area contributed by atoms with Crippen LogP contribution in [-0.4, -0.2) is 56.8 Å². The minimum absolute atomic E-state index is 0.0859. The van der Waals surface area contributed by atoms with Crippen molar-refractivity contribution in [3.05, 3.63) is 59.2 Å². The van der Waals surface area contributed by atoms with Gasteiger partial charge in [0, 0.05) is 31.7 Å². The maximum atomic E-state index is 13.0. The Morgan fingerprint density at radius 2 is 1.61 bits per heavy atom. The van der Waals surface area contributed by atoms with Crippen LogP contribution in [0.2, 0.25) is 0 Å². The molecule has 1 saturated heterocycles. The van der Waals surface area contributed by atoms with Crippen molar-refractivity contribution in [1.29, 1.82) is 0 Å². The van der Waals surface area contributed by atoms with Gasteiger partial charge < -0.3 is 9.64 Å². The first-order valence-corrected chi connectivity index (χ1v) is 11.0. The highest BCUT2D eigenvalue weighted by molar-refractivity contribution is 7.89. The van der Waals surface area contributed by atoms with Crippen molar-refractivity contribution in [3.63, 3.8) is 0 Å².